The van der Waals surface area contributed by atoms with Crippen molar-refractivity contribution in [3.63, 3.8) is 0 Å². The smallest absolute Gasteiger partial charge is 0.238 e. The van der Waals surface area contributed by atoms with Crippen LogP contribution in [-0.2, 0) is 0 Å². The summed E-state index contributed by atoms with van der Waals surface area (Å²) in [7, 11) is 1.52. The zero-order valence-electron chi connectivity index (χ0n) is 9.84. The number of nitrogens with one attached hydrogen (secondary N) is 1. The summed E-state index contributed by atoms with van der Waals surface area (Å²) in [5, 5.41) is 11.8. The maximum absolute atomic E-state index is 8.70. The van der Waals surface area contributed by atoms with Crippen molar-refractivity contribution in [3.05, 3.63) is 42.0 Å². The largest absolute Gasteiger partial charge is 0.479 e. The molecule has 5 heteroatoms. The number of anilines is 3. The molecule has 1 aromatic heterocycles. The molecule has 0 aliphatic rings. The Kier molecular flexibility index (Phi) is 3.30. The molecule has 0 amide bonds. The second kappa shape index (κ2) is 5.06. The molecule has 1 aromatic carbocycles. The maximum atomic E-state index is 8.70. The van der Waals surface area contributed by atoms with E-state index in [-0.39, 0.29) is 0 Å². The summed E-state index contributed by atoms with van der Waals surface area (Å²) in [5.74, 6) is 1.01. The summed E-state index contributed by atoms with van der Waals surface area (Å²) < 4.78 is 5.04. The molecule has 0 spiro atoms. The number of methoxy groups -OCH3 is 1. The van der Waals surface area contributed by atoms with Gasteiger partial charge >= 0.3 is 0 Å². The highest BCUT2D eigenvalue weighted by Gasteiger charge is 2.03. The lowest BCUT2D eigenvalue weighted by Crippen LogP contribution is -1.99. The Morgan fingerprint density at radius 1 is 1.22 bits per heavy atom. The van der Waals surface area contributed by atoms with E-state index in [0.717, 1.165) is 5.69 Å². The molecule has 0 saturated carbocycles. The first-order chi connectivity index (χ1) is 8.72. The summed E-state index contributed by atoms with van der Waals surface area (Å²) in [4.78, 5) is 4.21. The first-order valence-electron chi connectivity index (χ1n) is 5.30. The standard InChI is InChI=1S/C13H12N4O/c1-18-13-11(15)6-7-12(17-13)16-10-4-2-9(8-14)3-5-10/h2-7H,15H2,1H3,(H,16,17). The van der Waals surface area contributed by atoms with E-state index in [4.69, 9.17) is 15.7 Å². The molecule has 1 heterocycles. The van der Waals surface area contributed by atoms with Crippen molar-refractivity contribution in [2.75, 3.05) is 18.2 Å². The Labute approximate surface area is 105 Å². The van der Waals surface area contributed by atoms with Gasteiger partial charge in [0.1, 0.15) is 5.82 Å². The molecule has 0 bridgehead atoms. The van der Waals surface area contributed by atoms with Crippen molar-refractivity contribution in [3.8, 4) is 11.9 Å². The average Bonchev–Trinajstić information content (AvgIpc) is 2.42. The van der Waals surface area contributed by atoms with Crippen LogP contribution in [0.1, 0.15) is 5.56 Å². The van der Waals surface area contributed by atoms with E-state index < -0.39 is 0 Å². The fraction of sp³-hybridized carbons (Fsp3) is 0.0769. The van der Waals surface area contributed by atoms with Crippen molar-refractivity contribution in [1.82, 2.24) is 4.98 Å². The van der Waals surface area contributed by atoms with Gasteiger partial charge in [-0.1, -0.05) is 0 Å². The summed E-state index contributed by atoms with van der Waals surface area (Å²) in [6, 6.07) is 12.6. The quantitative estimate of drug-likeness (QED) is 0.859. The molecule has 0 unspecified atom stereocenters. The van der Waals surface area contributed by atoms with E-state index in [1.807, 2.05) is 12.1 Å². The molecule has 5 nitrogen and oxygen atoms in total. The monoisotopic (exact) mass is 240 g/mol. The lowest BCUT2D eigenvalue weighted by Gasteiger charge is -2.08. The molecule has 0 fully saturated rings. The molecule has 0 aliphatic carbocycles. The Bertz CT molecular complexity index is 587. The van der Waals surface area contributed by atoms with Gasteiger partial charge in [-0.25, -0.2) is 0 Å². The summed E-state index contributed by atoms with van der Waals surface area (Å²) in [6.45, 7) is 0. The molecule has 0 radical (unpaired) electrons. The van der Waals surface area contributed by atoms with Crippen molar-refractivity contribution in [2.24, 2.45) is 0 Å². The number of aromatic nitrogens is 1. The third-order valence-corrected chi connectivity index (χ3v) is 2.37. The van der Waals surface area contributed by atoms with Gasteiger partial charge in [0.25, 0.3) is 0 Å². The zero-order valence-corrected chi connectivity index (χ0v) is 9.84. The van der Waals surface area contributed by atoms with Crippen LogP contribution in [0.3, 0.4) is 0 Å². The lowest BCUT2D eigenvalue weighted by atomic mass is 10.2. The fourth-order valence-electron chi connectivity index (χ4n) is 1.46. The average molecular weight is 240 g/mol. The molecular formula is C13H12N4O. The summed E-state index contributed by atoms with van der Waals surface area (Å²) >= 11 is 0. The van der Waals surface area contributed by atoms with Crippen LogP contribution in [0.2, 0.25) is 0 Å². The minimum atomic E-state index is 0.383. The van der Waals surface area contributed by atoms with Crippen molar-refractivity contribution in [1.29, 1.82) is 5.26 Å². The highest BCUT2D eigenvalue weighted by Crippen LogP contribution is 2.22. The van der Waals surface area contributed by atoms with Crippen LogP contribution in [-0.4, -0.2) is 12.1 Å². The number of rotatable bonds is 3. The van der Waals surface area contributed by atoms with E-state index >= 15 is 0 Å². The van der Waals surface area contributed by atoms with Gasteiger partial charge in [-0.15, -0.1) is 0 Å². The Balaban J connectivity index is 2.20. The van der Waals surface area contributed by atoms with Crippen LogP contribution in [0, 0.1) is 11.3 Å². The highest BCUT2D eigenvalue weighted by atomic mass is 16.5. The molecule has 90 valence electrons. The van der Waals surface area contributed by atoms with Crippen LogP contribution in [0.15, 0.2) is 36.4 Å². The number of benzene rings is 1. The molecule has 0 aliphatic heterocycles. The van der Waals surface area contributed by atoms with Gasteiger partial charge in [-0.05, 0) is 36.4 Å². The number of ether oxygens (including phenoxy) is 1. The predicted molar refractivity (Wildman–Crippen MR) is 69.6 cm³/mol. The number of nitrogens with two attached hydrogens (primary N) is 1. The van der Waals surface area contributed by atoms with Crippen molar-refractivity contribution in [2.45, 2.75) is 0 Å². The van der Waals surface area contributed by atoms with Crippen LogP contribution >= 0.6 is 0 Å². The number of hydrogen-bond donors (Lipinski definition) is 2. The molecule has 2 aromatic rings. The fourth-order valence-corrected chi connectivity index (χ4v) is 1.46. The lowest BCUT2D eigenvalue weighted by molar-refractivity contribution is 0.401. The van der Waals surface area contributed by atoms with Gasteiger partial charge in [-0.2, -0.15) is 10.2 Å². The van der Waals surface area contributed by atoms with E-state index in [9.17, 15) is 0 Å². The molecular weight excluding hydrogens is 228 g/mol. The van der Waals surface area contributed by atoms with Gasteiger partial charge in [0.05, 0.1) is 24.4 Å². The van der Waals surface area contributed by atoms with Gasteiger partial charge in [0.15, 0.2) is 0 Å². The second-order valence-electron chi connectivity index (χ2n) is 3.61. The third kappa shape index (κ3) is 2.50. The first-order valence-corrected chi connectivity index (χ1v) is 5.30. The van der Waals surface area contributed by atoms with E-state index in [2.05, 4.69) is 16.4 Å². The molecule has 2 rings (SSSR count). The SMILES string of the molecule is COc1nc(Nc2ccc(C#N)cc2)ccc1N. The van der Waals surface area contributed by atoms with Gasteiger partial charge in [0, 0.05) is 5.69 Å². The second-order valence-corrected chi connectivity index (χ2v) is 3.61. The van der Waals surface area contributed by atoms with E-state index in [1.54, 1.807) is 24.3 Å². The first kappa shape index (κ1) is 11.7. The number of hydrogen-bond acceptors (Lipinski definition) is 5. The minimum Gasteiger partial charge on any atom is -0.479 e. The molecule has 18 heavy (non-hydrogen) atoms. The topological polar surface area (TPSA) is 84.0 Å². The third-order valence-electron chi connectivity index (χ3n) is 2.37. The van der Waals surface area contributed by atoms with Gasteiger partial charge in [-0.3, -0.25) is 0 Å². The molecule has 0 atom stereocenters. The van der Waals surface area contributed by atoms with E-state index in [1.165, 1.54) is 7.11 Å². The maximum Gasteiger partial charge on any atom is 0.238 e. The van der Waals surface area contributed by atoms with Crippen molar-refractivity contribution >= 4 is 17.2 Å². The number of nitriles is 1. The molecule has 0 saturated heterocycles. The predicted octanol–water partition coefficient (Wildman–Crippen LogP) is 2.29. The zero-order chi connectivity index (χ0) is 13.0. The number of nitrogen functional groups attached to an aromatic ring is 1. The molecule has 3 N–H and O–H groups in total. The summed E-state index contributed by atoms with van der Waals surface area (Å²) in [5.41, 5.74) is 7.62. The van der Waals surface area contributed by atoms with Crippen LogP contribution in [0.25, 0.3) is 0 Å². The minimum absolute atomic E-state index is 0.383. The van der Waals surface area contributed by atoms with Crippen LogP contribution in [0.4, 0.5) is 17.2 Å². The van der Waals surface area contributed by atoms with E-state index in [0.29, 0.717) is 22.9 Å². The Hall–Kier alpha value is -2.74. The number of pyridine rings is 1. The Morgan fingerprint density at radius 2 is 1.94 bits per heavy atom. The normalized spacial score (nSPS) is 9.56. The number of nitrogens with zero attached hydrogens (tertiary/aromatic N) is 2. The summed E-state index contributed by atoms with van der Waals surface area (Å²) in [6.07, 6.45) is 0. The van der Waals surface area contributed by atoms with Gasteiger partial charge in [0.2, 0.25) is 5.88 Å². The van der Waals surface area contributed by atoms with Gasteiger partial charge < -0.3 is 15.8 Å². The Morgan fingerprint density at radius 3 is 2.56 bits per heavy atom. The highest BCUT2D eigenvalue weighted by molar-refractivity contribution is 5.61. The van der Waals surface area contributed by atoms with Crippen LogP contribution in [0.5, 0.6) is 5.88 Å². The van der Waals surface area contributed by atoms with Crippen molar-refractivity contribution < 1.29 is 4.74 Å². The van der Waals surface area contributed by atoms with Crippen LogP contribution < -0.4 is 15.8 Å².